The maximum atomic E-state index is 8.86. The van der Waals surface area contributed by atoms with E-state index in [-0.39, 0.29) is 6.61 Å². The molecule has 88 valence electrons. The van der Waals surface area contributed by atoms with Crippen LogP contribution in [0.4, 0.5) is 0 Å². The Bertz CT molecular complexity index is 491. The van der Waals surface area contributed by atoms with Crippen molar-refractivity contribution >= 4 is 6.72 Å². The first kappa shape index (κ1) is 11.4. The molecule has 1 N–H and O–H groups in total. The van der Waals surface area contributed by atoms with Gasteiger partial charge in [-0.3, -0.25) is 9.98 Å². The summed E-state index contributed by atoms with van der Waals surface area (Å²) < 4.78 is 1.64. The van der Waals surface area contributed by atoms with Crippen molar-refractivity contribution in [3.63, 3.8) is 0 Å². The lowest BCUT2D eigenvalue weighted by molar-refractivity contribution is 0.276. The third-order valence-electron chi connectivity index (χ3n) is 2.25. The number of aliphatic hydroxyl groups is 1. The highest BCUT2D eigenvalue weighted by Gasteiger charge is 2.01. The number of aromatic nitrogens is 4. The van der Waals surface area contributed by atoms with Crippen LogP contribution in [0.15, 0.2) is 29.5 Å². The second-order valence-electron chi connectivity index (χ2n) is 3.61. The summed E-state index contributed by atoms with van der Waals surface area (Å²) in [4.78, 5) is 8.08. The van der Waals surface area contributed by atoms with Crippen molar-refractivity contribution in [3.05, 3.63) is 41.5 Å². The van der Waals surface area contributed by atoms with Gasteiger partial charge in [0.15, 0.2) is 0 Å². The lowest BCUT2D eigenvalue weighted by Gasteiger charge is -2.01. The lowest BCUT2D eigenvalue weighted by atomic mass is 10.2. The molecule has 2 heterocycles. The van der Waals surface area contributed by atoms with Gasteiger partial charge in [0.1, 0.15) is 5.69 Å². The molecular formula is C11H13N5O. The van der Waals surface area contributed by atoms with Crippen molar-refractivity contribution in [2.75, 3.05) is 0 Å². The van der Waals surface area contributed by atoms with Crippen molar-refractivity contribution in [2.45, 2.75) is 19.7 Å². The summed E-state index contributed by atoms with van der Waals surface area (Å²) in [5.74, 6) is 0. The van der Waals surface area contributed by atoms with Crippen LogP contribution in [0, 0.1) is 0 Å². The molecule has 0 atom stereocenters. The number of aliphatic hydroxyl groups excluding tert-OH is 1. The van der Waals surface area contributed by atoms with Gasteiger partial charge in [0.05, 0.1) is 31.6 Å². The van der Waals surface area contributed by atoms with Gasteiger partial charge >= 0.3 is 0 Å². The molecule has 6 heteroatoms. The van der Waals surface area contributed by atoms with Crippen LogP contribution >= 0.6 is 0 Å². The molecule has 0 radical (unpaired) electrons. The molecule has 0 aliphatic heterocycles. The molecule has 0 aliphatic rings. The highest BCUT2D eigenvalue weighted by Crippen LogP contribution is 2.03. The van der Waals surface area contributed by atoms with Gasteiger partial charge in [0, 0.05) is 6.20 Å². The molecule has 2 aromatic heterocycles. The van der Waals surface area contributed by atoms with Crippen LogP contribution < -0.4 is 0 Å². The van der Waals surface area contributed by atoms with Gasteiger partial charge in [-0.15, -0.1) is 5.10 Å². The number of hydrogen-bond acceptors (Lipinski definition) is 5. The first-order valence-corrected chi connectivity index (χ1v) is 5.18. The average Bonchev–Trinajstić information content (AvgIpc) is 2.80. The second kappa shape index (κ2) is 5.31. The molecule has 0 bridgehead atoms. The summed E-state index contributed by atoms with van der Waals surface area (Å²) in [5, 5.41) is 16.5. The zero-order valence-corrected chi connectivity index (χ0v) is 9.32. The van der Waals surface area contributed by atoms with Gasteiger partial charge in [0.25, 0.3) is 0 Å². The highest BCUT2D eigenvalue weighted by atomic mass is 16.3. The summed E-state index contributed by atoms with van der Waals surface area (Å²) >= 11 is 0. The number of pyridine rings is 1. The van der Waals surface area contributed by atoms with E-state index in [2.05, 4.69) is 27.0 Å². The van der Waals surface area contributed by atoms with Crippen LogP contribution in [-0.2, 0) is 19.7 Å². The van der Waals surface area contributed by atoms with E-state index in [9.17, 15) is 0 Å². The van der Waals surface area contributed by atoms with Crippen LogP contribution in [0.2, 0.25) is 0 Å². The van der Waals surface area contributed by atoms with Crippen molar-refractivity contribution in [3.8, 4) is 0 Å². The normalized spacial score (nSPS) is 10.4. The molecule has 0 saturated heterocycles. The van der Waals surface area contributed by atoms with Crippen molar-refractivity contribution in [2.24, 2.45) is 4.99 Å². The smallest absolute Gasteiger partial charge is 0.108 e. The monoisotopic (exact) mass is 231 g/mol. The predicted octanol–water partition coefficient (Wildman–Crippen LogP) is 0.414. The van der Waals surface area contributed by atoms with Gasteiger partial charge in [0.2, 0.25) is 0 Å². The zero-order valence-electron chi connectivity index (χ0n) is 9.32. The van der Waals surface area contributed by atoms with Crippen LogP contribution in [0.3, 0.4) is 0 Å². The Morgan fingerprint density at radius 2 is 2.24 bits per heavy atom. The summed E-state index contributed by atoms with van der Waals surface area (Å²) in [6.07, 6.45) is 3.47. The van der Waals surface area contributed by atoms with E-state index in [1.54, 1.807) is 17.1 Å². The average molecular weight is 231 g/mol. The van der Waals surface area contributed by atoms with Gasteiger partial charge < -0.3 is 5.11 Å². The van der Waals surface area contributed by atoms with E-state index in [1.807, 2.05) is 12.1 Å². The molecule has 0 saturated carbocycles. The highest BCUT2D eigenvalue weighted by molar-refractivity contribution is 5.25. The van der Waals surface area contributed by atoms with Crippen LogP contribution in [-0.4, -0.2) is 31.8 Å². The molecule has 2 aromatic rings. The topological polar surface area (TPSA) is 76.2 Å². The minimum atomic E-state index is -0.0998. The molecule has 2 rings (SSSR count). The summed E-state index contributed by atoms with van der Waals surface area (Å²) in [5.41, 5.74) is 2.46. The third-order valence-corrected chi connectivity index (χ3v) is 2.25. The third kappa shape index (κ3) is 2.94. The number of hydrogen-bond donors (Lipinski definition) is 1. The van der Waals surface area contributed by atoms with Crippen LogP contribution in [0.5, 0.6) is 0 Å². The fraction of sp³-hybridized carbons (Fsp3) is 0.273. The Morgan fingerprint density at radius 3 is 2.82 bits per heavy atom. The van der Waals surface area contributed by atoms with Gasteiger partial charge in [-0.2, -0.15) is 0 Å². The van der Waals surface area contributed by atoms with Crippen LogP contribution in [0.25, 0.3) is 0 Å². The fourth-order valence-corrected chi connectivity index (χ4v) is 1.43. The van der Waals surface area contributed by atoms with Crippen molar-refractivity contribution in [1.82, 2.24) is 20.0 Å². The van der Waals surface area contributed by atoms with Gasteiger partial charge in [-0.25, -0.2) is 4.68 Å². The zero-order chi connectivity index (χ0) is 12.1. The summed E-state index contributed by atoms with van der Waals surface area (Å²) in [6.45, 7) is 4.45. The quantitative estimate of drug-likeness (QED) is 0.756. The van der Waals surface area contributed by atoms with Crippen molar-refractivity contribution < 1.29 is 5.11 Å². The Hall–Kier alpha value is -2.08. The molecule has 0 aromatic carbocycles. The molecule has 0 aliphatic carbocycles. The van der Waals surface area contributed by atoms with E-state index >= 15 is 0 Å². The number of nitrogens with zero attached hydrogens (tertiary/aromatic N) is 5. The minimum Gasteiger partial charge on any atom is -0.390 e. The van der Waals surface area contributed by atoms with E-state index in [1.165, 1.54) is 0 Å². The lowest BCUT2D eigenvalue weighted by Crippen LogP contribution is -2.02. The molecule has 0 amide bonds. The van der Waals surface area contributed by atoms with E-state index in [0.29, 0.717) is 18.8 Å². The molecule has 0 fully saturated rings. The Labute approximate surface area is 98.7 Å². The SMILES string of the molecule is C=NCc1ccc(Cn2cc(CO)nn2)nc1. The summed E-state index contributed by atoms with van der Waals surface area (Å²) in [6, 6.07) is 3.88. The molecule has 0 spiro atoms. The predicted molar refractivity (Wildman–Crippen MR) is 62.5 cm³/mol. The van der Waals surface area contributed by atoms with Gasteiger partial charge in [-0.05, 0) is 18.3 Å². The van der Waals surface area contributed by atoms with E-state index in [0.717, 1.165) is 11.3 Å². The Balaban J connectivity index is 2.05. The fourth-order valence-electron chi connectivity index (χ4n) is 1.43. The van der Waals surface area contributed by atoms with Crippen LogP contribution in [0.1, 0.15) is 17.0 Å². The Morgan fingerprint density at radius 1 is 1.35 bits per heavy atom. The second-order valence-corrected chi connectivity index (χ2v) is 3.61. The van der Waals surface area contributed by atoms with Gasteiger partial charge in [-0.1, -0.05) is 11.3 Å². The standard InChI is InChI=1S/C11H13N5O/c1-12-4-9-2-3-10(13-5-9)6-16-7-11(8-17)14-15-16/h2-3,5,7,17H,1,4,6,8H2. The number of aliphatic imine (C=N–C) groups is 1. The number of rotatable bonds is 5. The maximum absolute atomic E-state index is 8.86. The Kier molecular flexibility index (Phi) is 3.56. The molecule has 6 nitrogen and oxygen atoms in total. The maximum Gasteiger partial charge on any atom is 0.108 e. The molecule has 0 unspecified atom stereocenters. The van der Waals surface area contributed by atoms with Crippen molar-refractivity contribution in [1.29, 1.82) is 0 Å². The van der Waals surface area contributed by atoms with E-state index < -0.39 is 0 Å². The minimum absolute atomic E-state index is 0.0998. The summed E-state index contributed by atoms with van der Waals surface area (Å²) in [7, 11) is 0. The first-order valence-electron chi connectivity index (χ1n) is 5.18. The first-order chi connectivity index (χ1) is 8.31. The largest absolute Gasteiger partial charge is 0.390 e. The van der Waals surface area contributed by atoms with E-state index in [4.69, 9.17) is 5.11 Å². The molecular weight excluding hydrogens is 218 g/mol. The molecule has 17 heavy (non-hydrogen) atoms.